The number of nitrogens with two attached hydrogens (primary N) is 1. The van der Waals surface area contributed by atoms with Crippen molar-refractivity contribution < 1.29 is 0 Å². The van der Waals surface area contributed by atoms with Gasteiger partial charge in [-0.15, -0.1) is 0 Å². The van der Waals surface area contributed by atoms with Crippen molar-refractivity contribution in [2.75, 3.05) is 0 Å². The summed E-state index contributed by atoms with van der Waals surface area (Å²) in [5.41, 5.74) is 7.77. The molecule has 0 fully saturated rings. The van der Waals surface area contributed by atoms with Gasteiger partial charge in [0.1, 0.15) is 5.82 Å². The molecule has 0 spiro atoms. The highest BCUT2D eigenvalue weighted by atomic mass is 35.5. The Bertz CT molecular complexity index is 474. The molecular formula is C12H14ClN3. The van der Waals surface area contributed by atoms with E-state index in [2.05, 4.69) is 16.5 Å². The van der Waals surface area contributed by atoms with Crippen LogP contribution in [-0.4, -0.2) is 9.55 Å². The Labute approximate surface area is 99.9 Å². The molecule has 2 rings (SSSR count). The lowest BCUT2D eigenvalue weighted by Gasteiger charge is -2.08. The summed E-state index contributed by atoms with van der Waals surface area (Å²) >= 11 is 5.86. The fourth-order valence-corrected chi connectivity index (χ4v) is 1.88. The van der Waals surface area contributed by atoms with E-state index >= 15 is 0 Å². The molecule has 16 heavy (non-hydrogen) atoms. The van der Waals surface area contributed by atoms with E-state index in [1.54, 1.807) is 0 Å². The maximum Gasteiger partial charge on any atom is 0.140 e. The van der Waals surface area contributed by atoms with Crippen LogP contribution in [0.15, 0.2) is 30.5 Å². The van der Waals surface area contributed by atoms with Crippen LogP contribution in [0.25, 0.3) is 11.4 Å². The van der Waals surface area contributed by atoms with Crippen molar-refractivity contribution in [3.63, 3.8) is 0 Å². The van der Waals surface area contributed by atoms with Crippen molar-refractivity contribution in [2.24, 2.45) is 5.73 Å². The van der Waals surface area contributed by atoms with E-state index in [4.69, 9.17) is 17.3 Å². The first-order valence-electron chi connectivity index (χ1n) is 5.26. The third-order valence-electron chi connectivity index (χ3n) is 2.57. The summed E-state index contributed by atoms with van der Waals surface area (Å²) in [4.78, 5) is 4.40. The van der Waals surface area contributed by atoms with Crippen LogP contribution in [0, 0.1) is 0 Å². The van der Waals surface area contributed by atoms with Crippen molar-refractivity contribution in [3.8, 4) is 11.4 Å². The minimum Gasteiger partial charge on any atom is -0.327 e. The van der Waals surface area contributed by atoms with Gasteiger partial charge in [-0.2, -0.15) is 0 Å². The lowest BCUT2D eigenvalue weighted by Crippen LogP contribution is -2.07. The van der Waals surface area contributed by atoms with Gasteiger partial charge in [-0.1, -0.05) is 11.6 Å². The highest BCUT2D eigenvalue weighted by Gasteiger charge is 2.08. The molecule has 2 aromatic rings. The summed E-state index contributed by atoms with van der Waals surface area (Å²) in [5, 5.41) is 0.734. The van der Waals surface area contributed by atoms with Crippen LogP contribution >= 0.6 is 11.6 Å². The number of rotatable bonds is 3. The fourth-order valence-electron chi connectivity index (χ4n) is 1.76. The molecule has 1 aromatic heterocycles. The quantitative estimate of drug-likeness (QED) is 0.889. The van der Waals surface area contributed by atoms with Crippen LogP contribution in [0.4, 0.5) is 0 Å². The molecule has 84 valence electrons. The Morgan fingerprint density at radius 3 is 2.56 bits per heavy atom. The van der Waals surface area contributed by atoms with E-state index in [1.807, 2.05) is 30.5 Å². The third-order valence-corrected chi connectivity index (χ3v) is 2.82. The van der Waals surface area contributed by atoms with E-state index < -0.39 is 0 Å². The van der Waals surface area contributed by atoms with E-state index in [-0.39, 0.29) is 0 Å². The van der Waals surface area contributed by atoms with Gasteiger partial charge in [0, 0.05) is 23.7 Å². The summed E-state index contributed by atoms with van der Waals surface area (Å²) in [6, 6.07) is 7.68. The number of hydrogen-bond acceptors (Lipinski definition) is 2. The molecule has 0 aliphatic carbocycles. The minimum atomic E-state index is 0.508. The highest BCUT2D eigenvalue weighted by Crippen LogP contribution is 2.21. The number of halogens is 1. The predicted octanol–water partition coefficient (Wildman–Crippen LogP) is 2.68. The van der Waals surface area contributed by atoms with E-state index in [1.165, 1.54) is 0 Å². The van der Waals surface area contributed by atoms with Gasteiger partial charge in [-0.25, -0.2) is 4.98 Å². The number of benzene rings is 1. The first-order chi connectivity index (χ1) is 7.76. The minimum absolute atomic E-state index is 0.508. The second kappa shape index (κ2) is 4.68. The van der Waals surface area contributed by atoms with Crippen LogP contribution in [-0.2, 0) is 13.1 Å². The second-order valence-corrected chi connectivity index (χ2v) is 3.96. The van der Waals surface area contributed by atoms with E-state index in [0.717, 1.165) is 28.6 Å². The van der Waals surface area contributed by atoms with Crippen molar-refractivity contribution >= 4 is 11.6 Å². The summed E-state index contributed by atoms with van der Waals surface area (Å²) in [5.74, 6) is 0.944. The molecule has 0 atom stereocenters. The van der Waals surface area contributed by atoms with Crippen molar-refractivity contribution in [2.45, 2.75) is 20.0 Å². The molecule has 0 radical (unpaired) electrons. The van der Waals surface area contributed by atoms with Gasteiger partial charge < -0.3 is 10.3 Å². The topological polar surface area (TPSA) is 43.8 Å². The number of hydrogen-bond donors (Lipinski definition) is 1. The first-order valence-corrected chi connectivity index (χ1v) is 5.64. The monoisotopic (exact) mass is 235 g/mol. The lowest BCUT2D eigenvalue weighted by molar-refractivity contribution is 0.720. The molecular weight excluding hydrogens is 222 g/mol. The van der Waals surface area contributed by atoms with Crippen molar-refractivity contribution in [1.82, 2.24) is 9.55 Å². The van der Waals surface area contributed by atoms with Crippen LogP contribution < -0.4 is 5.73 Å². The summed E-state index contributed by atoms with van der Waals surface area (Å²) in [6.45, 7) is 3.46. The van der Waals surface area contributed by atoms with Crippen molar-refractivity contribution in [3.05, 3.63) is 41.2 Å². The SMILES string of the molecule is CCn1c(CN)cnc1-c1ccc(Cl)cc1. The molecule has 0 amide bonds. The smallest absolute Gasteiger partial charge is 0.140 e. The average Bonchev–Trinajstić information content (AvgIpc) is 2.72. The average molecular weight is 236 g/mol. The predicted molar refractivity (Wildman–Crippen MR) is 66.2 cm³/mol. The fraction of sp³-hybridized carbons (Fsp3) is 0.250. The normalized spacial score (nSPS) is 10.7. The van der Waals surface area contributed by atoms with Crippen LogP contribution in [0.1, 0.15) is 12.6 Å². The molecule has 0 aliphatic rings. The van der Waals surface area contributed by atoms with Gasteiger partial charge in [-0.3, -0.25) is 0 Å². The number of aromatic nitrogens is 2. The van der Waals surface area contributed by atoms with Gasteiger partial charge in [0.15, 0.2) is 0 Å². The molecule has 4 heteroatoms. The second-order valence-electron chi connectivity index (χ2n) is 3.53. The molecule has 2 N–H and O–H groups in total. The Balaban J connectivity index is 2.47. The zero-order valence-electron chi connectivity index (χ0n) is 9.15. The molecule has 1 aromatic carbocycles. The third kappa shape index (κ3) is 1.96. The first kappa shape index (κ1) is 11.2. The standard InChI is InChI=1S/C12H14ClN3/c1-2-16-11(7-14)8-15-12(16)9-3-5-10(13)6-4-9/h3-6,8H,2,7,14H2,1H3. The van der Waals surface area contributed by atoms with E-state index in [9.17, 15) is 0 Å². The maximum atomic E-state index is 5.86. The van der Waals surface area contributed by atoms with Crippen LogP contribution in [0.3, 0.4) is 0 Å². The summed E-state index contributed by atoms with van der Waals surface area (Å²) in [6.07, 6.45) is 1.83. The Morgan fingerprint density at radius 1 is 1.31 bits per heavy atom. The van der Waals surface area contributed by atoms with Crippen LogP contribution in [0.5, 0.6) is 0 Å². The van der Waals surface area contributed by atoms with Gasteiger partial charge in [0.25, 0.3) is 0 Å². The van der Waals surface area contributed by atoms with Crippen LogP contribution in [0.2, 0.25) is 5.02 Å². The number of nitrogens with zero attached hydrogens (tertiary/aromatic N) is 2. The Hall–Kier alpha value is -1.32. The Kier molecular flexibility index (Phi) is 3.27. The molecule has 0 bridgehead atoms. The molecule has 0 saturated heterocycles. The molecule has 0 aliphatic heterocycles. The van der Waals surface area contributed by atoms with Gasteiger partial charge in [0.05, 0.1) is 11.9 Å². The molecule has 3 nitrogen and oxygen atoms in total. The summed E-state index contributed by atoms with van der Waals surface area (Å²) in [7, 11) is 0. The molecule has 0 unspecified atom stereocenters. The molecule has 0 saturated carbocycles. The van der Waals surface area contributed by atoms with E-state index in [0.29, 0.717) is 6.54 Å². The largest absolute Gasteiger partial charge is 0.327 e. The zero-order valence-corrected chi connectivity index (χ0v) is 9.91. The summed E-state index contributed by atoms with van der Waals surface area (Å²) < 4.78 is 2.11. The maximum absolute atomic E-state index is 5.86. The van der Waals surface area contributed by atoms with Gasteiger partial charge in [0.2, 0.25) is 0 Å². The lowest BCUT2D eigenvalue weighted by atomic mass is 10.2. The van der Waals surface area contributed by atoms with Crippen molar-refractivity contribution in [1.29, 1.82) is 0 Å². The molecule has 1 heterocycles. The Morgan fingerprint density at radius 2 is 2.00 bits per heavy atom. The van der Waals surface area contributed by atoms with Gasteiger partial charge in [-0.05, 0) is 31.2 Å². The number of imidazole rings is 1. The highest BCUT2D eigenvalue weighted by molar-refractivity contribution is 6.30. The zero-order chi connectivity index (χ0) is 11.5. The van der Waals surface area contributed by atoms with Gasteiger partial charge >= 0.3 is 0 Å².